The number of benzene rings is 3. The van der Waals surface area contributed by atoms with Crippen molar-refractivity contribution >= 4 is 10.8 Å². The van der Waals surface area contributed by atoms with E-state index in [2.05, 4.69) is 5.32 Å². The van der Waals surface area contributed by atoms with Crippen LogP contribution in [0.3, 0.4) is 0 Å². The van der Waals surface area contributed by atoms with Gasteiger partial charge in [-0.2, -0.15) is 0 Å². The van der Waals surface area contributed by atoms with Gasteiger partial charge >= 0.3 is 0 Å². The van der Waals surface area contributed by atoms with E-state index in [0.29, 0.717) is 5.75 Å². The van der Waals surface area contributed by atoms with Crippen LogP contribution in [-0.2, 0) is 0 Å². The SMILES string of the molecule is CNC[C@@H](F)[C@H](Oc1cccc2ccccc12)c1ccccc1. The van der Waals surface area contributed by atoms with E-state index in [9.17, 15) is 4.39 Å². The minimum atomic E-state index is -1.14. The van der Waals surface area contributed by atoms with Gasteiger partial charge in [-0.1, -0.05) is 66.7 Å². The third-order valence-corrected chi connectivity index (χ3v) is 3.86. The highest BCUT2D eigenvalue weighted by Crippen LogP contribution is 2.31. The molecule has 0 saturated heterocycles. The molecule has 2 nitrogen and oxygen atoms in total. The van der Waals surface area contributed by atoms with Gasteiger partial charge in [0.05, 0.1) is 0 Å². The van der Waals surface area contributed by atoms with Crippen LogP contribution >= 0.6 is 0 Å². The third-order valence-electron chi connectivity index (χ3n) is 3.86. The first kappa shape index (κ1) is 15.5. The number of halogens is 1. The second-order valence-electron chi connectivity index (χ2n) is 5.50. The molecule has 0 unspecified atom stereocenters. The van der Waals surface area contributed by atoms with E-state index in [1.807, 2.05) is 72.8 Å². The average molecular weight is 309 g/mol. The molecule has 0 aliphatic rings. The fourth-order valence-electron chi connectivity index (χ4n) is 2.73. The molecule has 0 heterocycles. The maximum Gasteiger partial charge on any atom is 0.156 e. The van der Waals surface area contributed by atoms with Crippen LogP contribution in [0.1, 0.15) is 11.7 Å². The Labute approximate surface area is 135 Å². The zero-order valence-corrected chi connectivity index (χ0v) is 13.1. The fourth-order valence-corrected chi connectivity index (χ4v) is 2.73. The first-order chi connectivity index (χ1) is 11.3. The predicted octanol–water partition coefficient (Wildman–Crippen LogP) is 4.52. The van der Waals surface area contributed by atoms with Crippen molar-refractivity contribution in [1.29, 1.82) is 0 Å². The van der Waals surface area contributed by atoms with E-state index in [-0.39, 0.29) is 6.54 Å². The summed E-state index contributed by atoms with van der Waals surface area (Å²) in [6.07, 6.45) is -1.78. The lowest BCUT2D eigenvalue weighted by Crippen LogP contribution is -2.29. The van der Waals surface area contributed by atoms with Gasteiger partial charge in [-0.3, -0.25) is 0 Å². The number of ether oxygens (including phenoxy) is 1. The zero-order valence-electron chi connectivity index (χ0n) is 13.1. The van der Waals surface area contributed by atoms with Crippen molar-refractivity contribution in [1.82, 2.24) is 5.32 Å². The largest absolute Gasteiger partial charge is 0.482 e. The molecule has 0 fully saturated rings. The van der Waals surface area contributed by atoms with Crippen LogP contribution in [-0.4, -0.2) is 19.8 Å². The van der Waals surface area contributed by atoms with E-state index in [1.165, 1.54) is 0 Å². The zero-order chi connectivity index (χ0) is 16.1. The molecule has 0 bridgehead atoms. The summed E-state index contributed by atoms with van der Waals surface area (Å²) < 4.78 is 20.8. The molecule has 0 spiro atoms. The van der Waals surface area contributed by atoms with Crippen LogP contribution < -0.4 is 10.1 Å². The molecule has 0 aliphatic heterocycles. The van der Waals surface area contributed by atoms with E-state index in [1.54, 1.807) is 7.05 Å². The van der Waals surface area contributed by atoms with Crippen molar-refractivity contribution in [3.63, 3.8) is 0 Å². The van der Waals surface area contributed by atoms with Crippen LogP contribution in [0.25, 0.3) is 10.8 Å². The van der Waals surface area contributed by atoms with Crippen molar-refractivity contribution in [3.8, 4) is 5.75 Å². The van der Waals surface area contributed by atoms with Gasteiger partial charge in [0.2, 0.25) is 0 Å². The number of fused-ring (bicyclic) bond motifs is 1. The lowest BCUT2D eigenvalue weighted by molar-refractivity contribution is 0.102. The smallest absolute Gasteiger partial charge is 0.156 e. The molecule has 1 N–H and O–H groups in total. The average Bonchev–Trinajstić information content (AvgIpc) is 2.60. The van der Waals surface area contributed by atoms with Crippen molar-refractivity contribution in [2.24, 2.45) is 0 Å². The molecule has 0 radical (unpaired) electrons. The van der Waals surface area contributed by atoms with Crippen molar-refractivity contribution in [2.45, 2.75) is 12.3 Å². The number of hydrogen-bond acceptors (Lipinski definition) is 2. The quantitative estimate of drug-likeness (QED) is 0.723. The highest BCUT2D eigenvalue weighted by molar-refractivity contribution is 5.88. The Morgan fingerprint density at radius 3 is 2.39 bits per heavy atom. The summed E-state index contributed by atoms with van der Waals surface area (Å²) in [6.45, 7) is 0.240. The minimum Gasteiger partial charge on any atom is -0.482 e. The first-order valence-corrected chi connectivity index (χ1v) is 7.77. The Balaban J connectivity index is 1.97. The summed E-state index contributed by atoms with van der Waals surface area (Å²) in [6, 6.07) is 23.4. The minimum absolute atomic E-state index is 0.240. The van der Waals surface area contributed by atoms with E-state index in [4.69, 9.17) is 4.74 Å². The second-order valence-corrected chi connectivity index (χ2v) is 5.50. The Kier molecular flexibility index (Phi) is 4.89. The molecule has 3 aromatic rings. The van der Waals surface area contributed by atoms with E-state index in [0.717, 1.165) is 16.3 Å². The lowest BCUT2D eigenvalue weighted by Gasteiger charge is -2.24. The van der Waals surface area contributed by atoms with Crippen molar-refractivity contribution in [3.05, 3.63) is 78.4 Å². The van der Waals surface area contributed by atoms with Crippen molar-refractivity contribution < 1.29 is 9.13 Å². The molecular weight excluding hydrogens is 289 g/mol. The van der Waals surface area contributed by atoms with Gasteiger partial charge in [0.15, 0.2) is 12.3 Å². The van der Waals surface area contributed by atoms with Crippen molar-refractivity contribution in [2.75, 3.05) is 13.6 Å². The summed E-state index contributed by atoms with van der Waals surface area (Å²) in [5.41, 5.74) is 0.836. The molecule has 0 amide bonds. The predicted molar refractivity (Wildman–Crippen MR) is 92.6 cm³/mol. The molecule has 2 atom stereocenters. The summed E-state index contributed by atoms with van der Waals surface area (Å²) >= 11 is 0. The van der Waals surface area contributed by atoms with Crippen LogP contribution in [0.5, 0.6) is 5.75 Å². The topological polar surface area (TPSA) is 21.3 Å². The molecule has 0 aliphatic carbocycles. The van der Waals surface area contributed by atoms with E-state index < -0.39 is 12.3 Å². The monoisotopic (exact) mass is 309 g/mol. The van der Waals surface area contributed by atoms with E-state index >= 15 is 0 Å². The maximum atomic E-state index is 14.7. The standard InChI is InChI=1S/C20H20FNO/c1-22-14-18(21)20(16-9-3-2-4-10-16)23-19-13-7-11-15-8-5-6-12-17(15)19/h2-13,18,20,22H,14H2,1H3/t18-,20-/m1/s1. The summed E-state index contributed by atoms with van der Waals surface area (Å²) in [5, 5.41) is 4.96. The molecular formula is C20H20FNO. The first-order valence-electron chi connectivity index (χ1n) is 7.77. The normalized spacial score (nSPS) is 13.7. The summed E-state index contributed by atoms with van der Waals surface area (Å²) in [4.78, 5) is 0. The molecule has 3 rings (SSSR count). The Morgan fingerprint density at radius 1 is 0.913 bits per heavy atom. The van der Waals surface area contributed by atoms with Gasteiger partial charge in [-0.15, -0.1) is 0 Å². The highest BCUT2D eigenvalue weighted by atomic mass is 19.1. The lowest BCUT2D eigenvalue weighted by atomic mass is 10.0. The molecule has 3 aromatic carbocycles. The third kappa shape index (κ3) is 3.51. The Bertz CT molecular complexity index is 754. The molecule has 23 heavy (non-hydrogen) atoms. The van der Waals surface area contributed by atoms with Gasteiger partial charge in [-0.25, -0.2) is 4.39 Å². The van der Waals surface area contributed by atoms with Gasteiger partial charge in [0, 0.05) is 11.9 Å². The number of rotatable bonds is 6. The second kappa shape index (κ2) is 7.25. The van der Waals surface area contributed by atoms with Gasteiger partial charge in [0.25, 0.3) is 0 Å². The number of hydrogen-bond donors (Lipinski definition) is 1. The Morgan fingerprint density at radius 2 is 1.61 bits per heavy atom. The molecule has 118 valence electrons. The van der Waals surface area contributed by atoms with Gasteiger partial charge < -0.3 is 10.1 Å². The van der Waals surface area contributed by atoms with Crippen LogP contribution in [0.15, 0.2) is 72.8 Å². The number of nitrogens with one attached hydrogen (secondary N) is 1. The van der Waals surface area contributed by atoms with Crippen LogP contribution in [0.4, 0.5) is 4.39 Å². The maximum absolute atomic E-state index is 14.7. The summed E-state index contributed by atoms with van der Waals surface area (Å²) in [5.74, 6) is 0.704. The van der Waals surface area contributed by atoms with Gasteiger partial charge in [0.1, 0.15) is 5.75 Å². The fraction of sp³-hybridized carbons (Fsp3) is 0.200. The summed E-state index contributed by atoms with van der Waals surface area (Å²) in [7, 11) is 1.74. The molecule has 0 saturated carbocycles. The van der Waals surface area contributed by atoms with Crippen LogP contribution in [0.2, 0.25) is 0 Å². The van der Waals surface area contributed by atoms with Gasteiger partial charge in [-0.05, 0) is 24.1 Å². The number of alkyl halides is 1. The molecule has 3 heteroatoms. The molecule has 0 aromatic heterocycles. The highest BCUT2D eigenvalue weighted by Gasteiger charge is 2.24. The Hall–Kier alpha value is -2.39. The van der Waals surface area contributed by atoms with Crippen LogP contribution in [0, 0.1) is 0 Å².